The van der Waals surface area contributed by atoms with Crippen molar-refractivity contribution in [2.75, 3.05) is 7.11 Å². The first-order chi connectivity index (χ1) is 7.22. The molecule has 2 aromatic rings. The molecule has 0 N–H and O–H groups in total. The van der Waals surface area contributed by atoms with Crippen molar-refractivity contribution in [2.24, 2.45) is 0 Å². The molecule has 0 aliphatic rings. The average molecular weight is 284 g/mol. The summed E-state index contributed by atoms with van der Waals surface area (Å²) < 4.78 is 6.24. The minimum absolute atomic E-state index is 0.839. The Hall–Kier alpha value is -0.870. The van der Waals surface area contributed by atoms with E-state index in [9.17, 15) is 0 Å². The van der Waals surface area contributed by atoms with Crippen molar-refractivity contribution in [3.8, 4) is 16.3 Å². The molecule has 15 heavy (non-hydrogen) atoms. The van der Waals surface area contributed by atoms with Gasteiger partial charge >= 0.3 is 0 Å². The van der Waals surface area contributed by atoms with Gasteiger partial charge in [0.1, 0.15) is 10.8 Å². The largest absolute Gasteiger partial charge is 0.496 e. The zero-order valence-corrected chi connectivity index (χ0v) is 10.9. The van der Waals surface area contributed by atoms with Gasteiger partial charge in [0.15, 0.2) is 0 Å². The van der Waals surface area contributed by atoms with Crippen LogP contribution < -0.4 is 4.74 Å². The van der Waals surface area contributed by atoms with Gasteiger partial charge in [0.2, 0.25) is 0 Å². The third-order valence-corrected chi connectivity index (χ3v) is 3.59. The van der Waals surface area contributed by atoms with E-state index in [1.54, 1.807) is 18.4 Å². The first-order valence-electron chi connectivity index (χ1n) is 4.46. The van der Waals surface area contributed by atoms with Crippen molar-refractivity contribution in [1.29, 1.82) is 0 Å². The van der Waals surface area contributed by atoms with Crippen molar-refractivity contribution in [2.45, 2.75) is 6.92 Å². The molecule has 0 bridgehead atoms. The predicted molar refractivity (Wildman–Crippen MR) is 66.5 cm³/mol. The monoisotopic (exact) mass is 283 g/mol. The second-order valence-electron chi connectivity index (χ2n) is 3.14. The Morgan fingerprint density at radius 2 is 2.20 bits per heavy atom. The lowest BCUT2D eigenvalue weighted by molar-refractivity contribution is 0.412. The van der Waals surface area contributed by atoms with Crippen LogP contribution in [0, 0.1) is 6.92 Å². The summed E-state index contributed by atoms with van der Waals surface area (Å²) in [5, 5.41) is 3.00. The van der Waals surface area contributed by atoms with Crippen LogP contribution in [0.15, 0.2) is 28.2 Å². The van der Waals surface area contributed by atoms with Crippen LogP contribution in [0.4, 0.5) is 0 Å². The molecular weight excluding hydrogens is 274 g/mol. The number of hydrogen-bond acceptors (Lipinski definition) is 3. The summed E-state index contributed by atoms with van der Waals surface area (Å²) in [7, 11) is 1.67. The molecule has 0 spiro atoms. The van der Waals surface area contributed by atoms with E-state index in [2.05, 4.69) is 33.9 Å². The van der Waals surface area contributed by atoms with Crippen LogP contribution in [0.25, 0.3) is 10.6 Å². The minimum atomic E-state index is 0.839. The Morgan fingerprint density at radius 1 is 1.40 bits per heavy atom. The zero-order chi connectivity index (χ0) is 10.8. The third-order valence-electron chi connectivity index (χ3n) is 2.16. The number of aryl methyl sites for hydroxylation is 1. The fraction of sp³-hybridized carbons (Fsp3) is 0.182. The van der Waals surface area contributed by atoms with Crippen molar-refractivity contribution in [1.82, 2.24) is 4.98 Å². The van der Waals surface area contributed by atoms with Crippen LogP contribution in [0.1, 0.15) is 5.56 Å². The Bertz CT molecular complexity index is 468. The minimum Gasteiger partial charge on any atom is -0.496 e. The fourth-order valence-electron chi connectivity index (χ4n) is 1.40. The Balaban J connectivity index is 2.57. The Morgan fingerprint density at radius 3 is 2.80 bits per heavy atom. The summed E-state index contributed by atoms with van der Waals surface area (Å²) in [6.07, 6.45) is 1.81. The fourth-order valence-corrected chi connectivity index (χ4v) is 2.74. The number of thiazole rings is 1. The van der Waals surface area contributed by atoms with Crippen molar-refractivity contribution < 1.29 is 4.74 Å². The van der Waals surface area contributed by atoms with Crippen molar-refractivity contribution >= 4 is 27.3 Å². The molecule has 0 amide bonds. The first kappa shape index (κ1) is 10.6. The molecule has 1 heterocycles. The molecule has 0 aliphatic heterocycles. The summed E-state index contributed by atoms with van der Waals surface area (Å²) in [6.45, 7) is 2.07. The van der Waals surface area contributed by atoms with Crippen LogP contribution >= 0.6 is 27.3 Å². The maximum Gasteiger partial charge on any atom is 0.133 e. The molecule has 2 rings (SSSR count). The maximum atomic E-state index is 5.27. The van der Waals surface area contributed by atoms with Crippen LogP contribution in [0.3, 0.4) is 0 Å². The molecule has 0 aliphatic carbocycles. The predicted octanol–water partition coefficient (Wildman–Crippen LogP) is 3.89. The van der Waals surface area contributed by atoms with E-state index in [0.717, 1.165) is 20.8 Å². The van der Waals surface area contributed by atoms with Crippen LogP contribution in [0.5, 0.6) is 5.75 Å². The molecule has 0 unspecified atom stereocenters. The normalized spacial score (nSPS) is 10.3. The lowest BCUT2D eigenvalue weighted by atomic mass is 10.1. The molecule has 1 aromatic heterocycles. The quantitative estimate of drug-likeness (QED) is 0.834. The number of aromatic nitrogens is 1. The number of benzene rings is 1. The standard InChI is InChI=1S/C11H10BrNOS/c1-7-5-9(12)10(14-2)6-8(7)11-13-3-4-15-11/h3-6H,1-2H3. The lowest BCUT2D eigenvalue weighted by Gasteiger charge is -2.08. The number of methoxy groups -OCH3 is 1. The Kier molecular flexibility index (Phi) is 3.07. The highest BCUT2D eigenvalue weighted by atomic mass is 79.9. The van der Waals surface area contributed by atoms with Crippen LogP contribution in [0.2, 0.25) is 0 Å². The highest BCUT2D eigenvalue weighted by Crippen LogP contribution is 2.34. The van der Waals surface area contributed by atoms with Gasteiger partial charge < -0.3 is 4.74 Å². The summed E-state index contributed by atoms with van der Waals surface area (Å²) in [4.78, 5) is 4.30. The second-order valence-corrected chi connectivity index (χ2v) is 4.89. The van der Waals surface area contributed by atoms with Gasteiger partial charge in [0, 0.05) is 17.1 Å². The summed E-state index contributed by atoms with van der Waals surface area (Å²) in [5.74, 6) is 0.839. The molecule has 0 atom stereocenters. The average Bonchev–Trinajstić information content (AvgIpc) is 2.71. The summed E-state index contributed by atoms with van der Waals surface area (Å²) >= 11 is 5.10. The van der Waals surface area contributed by atoms with E-state index >= 15 is 0 Å². The molecule has 0 saturated carbocycles. The molecule has 0 fully saturated rings. The number of hydrogen-bond donors (Lipinski definition) is 0. The highest BCUT2D eigenvalue weighted by molar-refractivity contribution is 9.10. The van der Waals surface area contributed by atoms with Gasteiger partial charge in [0.25, 0.3) is 0 Å². The molecule has 1 aromatic carbocycles. The topological polar surface area (TPSA) is 22.1 Å². The molecule has 0 radical (unpaired) electrons. The lowest BCUT2D eigenvalue weighted by Crippen LogP contribution is -1.88. The van der Waals surface area contributed by atoms with Gasteiger partial charge in [-0.05, 0) is 40.5 Å². The van der Waals surface area contributed by atoms with Crippen molar-refractivity contribution in [3.05, 3.63) is 33.7 Å². The maximum absolute atomic E-state index is 5.27. The van der Waals surface area contributed by atoms with Crippen molar-refractivity contribution in [3.63, 3.8) is 0 Å². The van der Waals surface area contributed by atoms with E-state index in [-0.39, 0.29) is 0 Å². The molecule has 2 nitrogen and oxygen atoms in total. The van der Waals surface area contributed by atoms with E-state index in [1.807, 2.05) is 17.6 Å². The zero-order valence-electron chi connectivity index (χ0n) is 8.45. The smallest absolute Gasteiger partial charge is 0.133 e. The van der Waals surface area contributed by atoms with Gasteiger partial charge in [-0.25, -0.2) is 4.98 Å². The number of ether oxygens (including phenoxy) is 1. The molecule has 4 heteroatoms. The van der Waals surface area contributed by atoms with E-state index in [1.165, 1.54) is 5.56 Å². The Labute approximate surface area is 101 Å². The van der Waals surface area contributed by atoms with Gasteiger partial charge in [-0.3, -0.25) is 0 Å². The number of nitrogens with zero attached hydrogens (tertiary/aromatic N) is 1. The first-order valence-corrected chi connectivity index (χ1v) is 6.13. The summed E-state index contributed by atoms with van der Waals surface area (Å²) in [6, 6.07) is 4.06. The van der Waals surface area contributed by atoms with E-state index in [0.29, 0.717) is 0 Å². The molecule has 0 saturated heterocycles. The number of rotatable bonds is 2. The molecule has 78 valence electrons. The van der Waals surface area contributed by atoms with E-state index in [4.69, 9.17) is 4.74 Å². The van der Waals surface area contributed by atoms with Gasteiger partial charge in [-0.1, -0.05) is 0 Å². The summed E-state index contributed by atoms with van der Waals surface area (Å²) in [5.41, 5.74) is 2.32. The van der Waals surface area contributed by atoms with Gasteiger partial charge in [-0.15, -0.1) is 11.3 Å². The van der Waals surface area contributed by atoms with E-state index < -0.39 is 0 Å². The highest BCUT2D eigenvalue weighted by Gasteiger charge is 2.09. The van der Waals surface area contributed by atoms with Gasteiger partial charge in [-0.2, -0.15) is 0 Å². The van der Waals surface area contributed by atoms with Gasteiger partial charge in [0.05, 0.1) is 11.6 Å². The van der Waals surface area contributed by atoms with Crippen LogP contribution in [-0.4, -0.2) is 12.1 Å². The van der Waals surface area contributed by atoms with Crippen LogP contribution in [-0.2, 0) is 0 Å². The third kappa shape index (κ3) is 2.06. The number of halogens is 1. The molecular formula is C11H10BrNOS. The SMILES string of the molecule is COc1cc(-c2nccs2)c(C)cc1Br. The second kappa shape index (κ2) is 4.33.